The molecular formula is C20H14ClN3O4. The maximum absolute atomic E-state index is 12.5. The molecule has 0 fully saturated rings. The number of aromatic nitrogens is 1. The number of pyridine rings is 1. The zero-order valence-corrected chi connectivity index (χ0v) is 15.1. The number of rotatable bonds is 5. The number of hydrogen-bond donors (Lipinski definition) is 3. The number of anilines is 1. The van der Waals surface area contributed by atoms with Gasteiger partial charge >= 0.3 is 5.97 Å². The molecule has 0 radical (unpaired) electrons. The van der Waals surface area contributed by atoms with Crippen LogP contribution in [0.25, 0.3) is 0 Å². The van der Waals surface area contributed by atoms with Crippen molar-refractivity contribution in [1.29, 1.82) is 0 Å². The van der Waals surface area contributed by atoms with Crippen LogP contribution in [-0.2, 0) is 0 Å². The third kappa shape index (κ3) is 4.16. The third-order valence-electron chi connectivity index (χ3n) is 3.92. The van der Waals surface area contributed by atoms with Crippen LogP contribution in [0.2, 0.25) is 5.02 Å². The van der Waals surface area contributed by atoms with Gasteiger partial charge in [0.05, 0.1) is 11.3 Å². The van der Waals surface area contributed by atoms with E-state index in [9.17, 15) is 19.9 Å². The van der Waals surface area contributed by atoms with Crippen molar-refractivity contribution in [2.75, 3.05) is 5.32 Å². The first-order valence-corrected chi connectivity index (χ1v) is 8.44. The molecule has 0 saturated carbocycles. The predicted octanol–water partition coefficient (Wildman–Crippen LogP) is 3.91. The minimum Gasteiger partial charge on any atom is -0.478 e. The summed E-state index contributed by atoms with van der Waals surface area (Å²) in [6.07, 6.45) is 3.16. The minimum atomic E-state index is -1.20. The molecule has 140 valence electrons. The summed E-state index contributed by atoms with van der Waals surface area (Å²) >= 11 is 5.81. The Morgan fingerprint density at radius 3 is 2.32 bits per heavy atom. The fourth-order valence-electron chi connectivity index (χ4n) is 2.56. The zero-order chi connectivity index (χ0) is 20.1. The van der Waals surface area contributed by atoms with Crippen LogP contribution < -0.4 is 5.32 Å². The smallest absolute Gasteiger partial charge is 0.337 e. The van der Waals surface area contributed by atoms with Crippen LogP contribution in [0, 0.1) is 0 Å². The molecule has 8 heteroatoms. The molecule has 0 aliphatic carbocycles. The lowest BCUT2D eigenvalue weighted by Gasteiger charge is -2.10. The number of hydrogen-bond acceptors (Lipinski definition) is 5. The highest BCUT2D eigenvalue weighted by molar-refractivity contribution is 6.31. The van der Waals surface area contributed by atoms with Gasteiger partial charge in [-0.15, -0.1) is 0 Å². The van der Waals surface area contributed by atoms with Gasteiger partial charge in [-0.05, 0) is 42.5 Å². The van der Waals surface area contributed by atoms with Crippen LogP contribution in [0.1, 0.15) is 31.8 Å². The number of nitrogens with zero attached hydrogens (tertiary/aromatic N) is 2. The fraction of sp³-hybridized carbons (Fsp3) is 0. The van der Waals surface area contributed by atoms with Gasteiger partial charge in [0.2, 0.25) is 0 Å². The topological polar surface area (TPSA) is 112 Å². The van der Waals surface area contributed by atoms with Gasteiger partial charge < -0.3 is 15.6 Å². The molecule has 1 heterocycles. The quantitative estimate of drug-likeness (QED) is 0.344. The largest absolute Gasteiger partial charge is 0.478 e. The van der Waals surface area contributed by atoms with E-state index in [0.717, 1.165) is 0 Å². The maximum Gasteiger partial charge on any atom is 0.337 e. The Hall–Kier alpha value is -3.71. The van der Waals surface area contributed by atoms with E-state index < -0.39 is 11.9 Å². The molecule has 0 aliphatic rings. The number of aromatic carboxylic acids is 1. The van der Waals surface area contributed by atoms with E-state index in [4.69, 9.17) is 11.6 Å². The first-order chi connectivity index (χ1) is 13.5. The molecule has 0 aliphatic heterocycles. The van der Waals surface area contributed by atoms with Crippen LogP contribution in [0.4, 0.5) is 5.69 Å². The average Bonchev–Trinajstić information content (AvgIpc) is 2.71. The molecule has 0 saturated heterocycles. The lowest BCUT2D eigenvalue weighted by Crippen LogP contribution is -2.15. The van der Waals surface area contributed by atoms with Gasteiger partial charge in [-0.3, -0.25) is 9.78 Å². The first kappa shape index (κ1) is 19.1. The molecule has 0 spiro atoms. The summed E-state index contributed by atoms with van der Waals surface area (Å²) in [5, 5.41) is 24.7. The second kappa shape index (κ2) is 8.32. The number of carboxylic acids is 1. The highest BCUT2D eigenvalue weighted by Crippen LogP contribution is 2.22. The molecule has 0 bridgehead atoms. The number of carbonyl (C=O) groups excluding carboxylic acids is 1. The van der Waals surface area contributed by atoms with Crippen LogP contribution in [0.5, 0.6) is 0 Å². The van der Waals surface area contributed by atoms with Crippen molar-refractivity contribution in [3.63, 3.8) is 0 Å². The van der Waals surface area contributed by atoms with Crippen molar-refractivity contribution >= 4 is 34.9 Å². The standard InChI is InChI=1S/C20H14ClN3O4/c21-15-7-8-17(16(10-15)20(26)27)23-19(25)13-5-3-12(4-6-13)18(24-28)14-2-1-9-22-11-14/h1-11,28H,(H,23,25)(H,26,27). The maximum atomic E-state index is 12.5. The van der Waals surface area contributed by atoms with Gasteiger partial charge in [-0.25, -0.2) is 4.79 Å². The normalized spacial score (nSPS) is 11.1. The molecule has 2 aromatic carbocycles. The Bertz CT molecular complexity index is 1050. The van der Waals surface area contributed by atoms with E-state index in [1.165, 1.54) is 18.2 Å². The van der Waals surface area contributed by atoms with Crippen molar-refractivity contribution in [2.45, 2.75) is 0 Å². The number of carbonyl (C=O) groups is 2. The average molecular weight is 396 g/mol. The first-order valence-electron chi connectivity index (χ1n) is 8.06. The van der Waals surface area contributed by atoms with Gasteiger partial charge in [0, 0.05) is 34.1 Å². The molecule has 3 rings (SSSR count). The SMILES string of the molecule is O=C(Nc1ccc(Cl)cc1C(=O)O)c1ccc(C(=NO)c2cccnc2)cc1. The van der Waals surface area contributed by atoms with Gasteiger partial charge in [0.1, 0.15) is 5.71 Å². The summed E-state index contributed by atoms with van der Waals surface area (Å²) in [4.78, 5) is 27.8. The van der Waals surface area contributed by atoms with E-state index in [0.29, 0.717) is 22.4 Å². The number of carboxylic acid groups (broad SMARTS) is 1. The lowest BCUT2D eigenvalue weighted by atomic mass is 10.0. The van der Waals surface area contributed by atoms with Crippen molar-refractivity contribution < 1.29 is 19.9 Å². The minimum absolute atomic E-state index is 0.108. The van der Waals surface area contributed by atoms with Gasteiger partial charge in [-0.2, -0.15) is 0 Å². The molecule has 1 aromatic heterocycles. The molecule has 7 nitrogen and oxygen atoms in total. The summed E-state index contributed by atoms with van der Waals surface area (Å²) in [6.45, 7) is 0. The number of amides is 1. The Labute approximate surface area is 164 Å². The summed E-state index contributed by atoms with van der Waals surface area (Å²) in [6, 6.07) is 14.0. The zero-order valence-electron chi connectivity index (χ0n) is 14.3. The van der Waals surface area contributed by atoms with Crippen molar-refractivity contribution in [2.24, 2.45) is 5.16 Å². The molecule has 1 amide bonds. The van der Waals surface area contributed by atoms with Gasteiger partial charge in [0.15, 0.2) is 0 Å². The summed E-state index contributed by atoms with van der Waals surface area (Å²) in [7, 11) is 0. The number of oxime groups is 1. The summed E-state index contributed by atoms with van der Waals surface area (Å²) in [5.41, 5.74) is 1.85. The second-order valence-electron chi connectivity index (χ2n) is 5.72. The van der Waals surface area contributed by atoms with Crippen LogP contribution in [0.15, 0.2) is 72.1 Å². The molecular weight excluding hydrogens is 382 g/mol. The van der Waals surface area contributed by atoms with E-state index in [2.05, 4.69) is 15.5 Å². The monoisotopic (exact) mass is 395 g/mol. The van der Waals surface area contributed by atoms with E-state index in [1.54, 1.807) is 48.8 Å². The Kier molecular flexibility index (Phi) is 5.67. The van der Waals surface area contributed by atoms with Crippen molar-refractivity contribution in [3.05, 3.63) is 94.3 Å². The Balaban J connectivity index is 1.82. The highest BCUT2D eigenvalue weighted by Gasteiger charge is 2.15. The summed E-state index contributed by atoms with van der Waals surface area (Å²) < 4.78 is 0. The molecule has 0 unspecified atom stereocenters. The number of halogens is 1. The predicted molar refractivity (Wildman–Crippen MR) is 104 cm³/mol. The molecule has 28 heavy (non-hydrogen) atoms. The highest BCUT2D eigenvalue weighted by atomic mass is 35.5. The van der Waals surface area contributed by atoms with E-state index in [-0.39, 0.29) is 16.3 Å². The van der Waals surface area contributed by atoms with Gasteiger partial charge in [-0.1, -0.05) is 28.9 Å². The van der Waals surface area contributed by atoms with Crippen molar-refractivity contribution in [1.82, 2.24) is 4.98 Å². The van der Waals surface area contributed by atoms with Gasteiger partial charge in [0.25, 0.3) is 5.91 Å². The third-order valence-corrected chi connectivity index (χ3v) is 4.15. The molecule has 0 atom stereocenters. The Morgan fingerprint density at radius 2 is 1.71 bits per heavy atom. The van der Waals surface area contributed by atoms with Crippen molar-refractivity contribution in [3.8, 4) is 0 Å². The van der Waals surface area contributed by atoms with Crippen LogP contribution in [0.3, 0.4) is 0 Å². The molecule has 3 N–H and O–H groups in total. The van der Waals surface area contributed by atoms with Crippen LogP contribution in [-0.4, -0.2) is 32.9 Å². The number of nitrogens with one attached hydrogen (secondary N) is 1. The summed E-state index contributed by atoms with van der Waals surface area (Å²) in [5.74, 6) is -1.69. The Morgan fingerprint density at radius 1 is 1.00 bits per heavy atom. The molecule has 3 aromatic rings. The fourth-order valence-corrected chi connectivity index (χ4v) is 2.73. The number of benzene rings is 2. The van der Waals surface area contributed by atoms with E-state index >= 15 is 0 Å². The van der Waals surface area contributed by atoms with Crippen LogP contribution >= 0.6 is 11.6 Å². The lowest BCUT2D eigenvalue weighted by molar-refractivity contribution is 0.0698. The van der Waals surface area contributed by atoms with E-state index in [1.807, 2.05) is 0 Å². The second-order valence-corrected chi connectivity index (χ2v) is 6.15.